The van der Waals surface area contributed by atoms with Gasteiger partial charge >= 0.3 is 0 Å². The van der Waals surface area contributed by atoms with Crippen LogP contribution in [0.25, 0.3) is 6.08 Å². The molecule has 2 aliphatic heterocycles. The molecule has 0 saturated carbocycles. The Labute approximate surface area is 202 Å². The second-order valence-corrected chi connectivity index (χ2v) is 9.74. The number of thioether (sulfide) groups is 1. The van der Waals surface area contributed by atoms with Crippen LogP contribution in [0, 0.1) is 6.92 Å². The van der Waals surface area contributed by atoms with Gasteiger partial charge < -0.3 is 9.64 Å². The van der Waals surface area contributed by atoms with E-state index in [1.165, 1.54) is 22.7 Å². The minimum absolute atomic E-state index is 0.105. The molecule has 2 aromatic carbocycles. The smallest absolute Gasteiger partial charge is 0.247 e. The minimum atomic E-state index is -0.536. The second-order valence-electron chi connectivity index (χ2n) is 7.90. The molecule has 0 N–H and O–H groups in total. The van der Waals surface area contributed by atoms with Crippen LogP contribution in [0.1, 0.15) is 27.9 Å². The average molecular weight is 481 g/mol. The number of nitrogens with zero attached hydrogens (tertiary/aromatic N) is 2. The number of anilines is 1. The molecule has 33 heavy (non-hydrogen) atoms. The van der Waals surface area contributed by atoms with Crippen LogP contribution in [-0.4, -0.2) is 58.4 Å². The van der Waals surface area contributed by atoms with E-state index in [1.807, 2.05) is 36.1 Å². The number of ketones is 1. The first-order valence-electron chi connectivity index (χ1n) is 10.7. The first kappa shape index (κ1) is 23.4. The van der Waals surface area contributed by atoms with Crippen molar-refractivity contribution in [1.29, 1.82) is 0 Å². The van der Waals surface area contributed by atoms with Crippen molar-refractivity contribution < 1.29 is 19.1 Å². The van der Waals surface area contributed by atoms with E-state index >= 15 is 0 Å². The molecular formula is C25H24N2O4S2. The molecule has 2 amide bonds. The number of ether oxygens (including phenoxy) is 1. The monoisotopic (exact) mass is 480 g/mol. The lowest BCUT2D eigenvalue weighted by atomic mass is 10.1. The third kappa shape index (κ3) is 5.58. The lowest BCUT2D eigenvalue weighted by molar-refractivity contribution is -0.121. The first-order chi connectivity index (χ1) is 15.9. The second kappa shape index (κ2) is 10.4. The van der Waals surface area contributed by atoms with Crippen LogP contribution in [-0.2, 0) is 14.3 Å². The Morgan fingerprint density at radius 3 is 2.39 bits per heavy atom. The van der Waals surface area contributed by atoms with E-state index in [2.05, 4.69) is 0 Å². The summed E-state index contributed by atoms with van der Waals surface area (Å²) >= 11 is 6.74. The van der Waals surface area contributed by atoms with Crippen LogP contribution in [0.4, 0.5) is 5.69 Å². The predicted octanol–water partition coefficient (Wildman–Crippen LogP) is 3.87. The van der Waals surface area contributed by atoms with E-state index in [0.717, 1.165) is 11.1 Å². The number of allylic oxidation sites excluding steroid dienone is 1. The lowest BCUT2D eigenvalue weighted by Crippen LogP contribution is -2.39. The van der Waals surface area contributed by atoms with Crippen LogP contribution < -0.4 is 4.90 Å². The summed E-state index contributed by atoms with van der Waals surface area (Å²) in [5.74, 6) is -0.690. The third-order valence-corrected chi connectivity index (χ3v) is 7.19. The van der Waals surface area contributed by atoms with Gasteiger partial charge in [0.2, 0.25) is 11.8 Å². The summed E-state index contributed by atoms with van der Waals surface area (Å²) in [7, 11) is 0. The highest BCUT2D eigenvalue weighted by Gasteiger charge is 2.41. The zero-order valence-electron chi connectivity index (χ0n) is 18.2. The number of carbonyl (C=O) groups is 3. The van der Waals surface area contributed by atoms with Gasteiger partial charge in [-0.3, -0.25) is 14.4 Å². The SMILES string of the molecule is Cc1ccc(/C=C/C(=O)c2ccc(N3C(=O)C[C@H](SC(=S)N4CCOCC4)C3=O)cc2)cc1. The van der Waals surface area contributed by atoms with Crippen molar-refractivity contribution >= 4 is 57.7 Å². The van der Waals surface area contributed by atoms with Gasteiger partial charge in [0.1, 0.15) is 9.57 Å². The standard InChI is InChI=1S/C25H24N2O4S2/c1-17-2-4-18(5-3-17)6-11-21(28)19-7-9-20(10-8-19)27-23(29)16-22(24(27)30)33-25(32)26-12-14-31-15-13-26/h2-11,22H,12-16H2,1H3/b11-6+/t22-/m0/s1. The first-order valence-corrected chi connectivity index (χ1v) is 12.0. The number of thiocarbonyl (C=S) groups is 1. The molecule has 0 aromatic heterocycles. The maximum atomic E-state index is 12.9. The largest absolute Gasteiger partial charge is 0.378 e. The topological polar surface area (TPSA) is 66.9 Å². The van der Waals surface area contributed by atoms with Gasteiger partial charge in [0, 0.05) is 25.1 Å². The molecule has 170 valence electrons. The zero-order valence-corrected chi connectivity index (χ0v) is 19.9. The van der Waals surface area contributed by atoms with Crippen molar-refractivity contribution in [3.05, 3.63) is 71.3 Å². The summed E-state index contributed by atoms with van der Waals surface area (Å²) in [5.41, 5.74) is 3.05. The van der Waals surface area contributed by atoms with E-state index in [0.29, 0.717) is 41.9 Å². The van der Waals surface area contributed by atoms with Crippen molar-refractivity contribution in [2.75, 3.05) is 31.2 Å². The number of benzene rings is 2. The molecular weight excluding hydrogens is 456 g/mol. The number of amides is 2. The molecule has 2 aromatic rings. The Kier molecular flexibility index (Phi) is 7.37. The Morgan fingerprint density at radius 1 is 1.06 bits per heavy atom. The van der Waals surface area contributed by atoms with E-state index in [4.69, 9.17) is 17.0 Å². The van der Waals surface area contributed by atoms with Crippen molar-refractivity contribution in [3.63, 3.8) is 0 Å². The number of carbonyl (C=O) groups excluding carboxylic acids is 3. The van der Waals surface area contributed by atoms with E-state index < -0.39 is 5.25 Å². The van der Waals surface area contributed by atoms with Crippen LogP contribution in [0.15, 0.2) is 54.6 Å². The van der Waals surface area contributed by atoms with E-state index in [1.54, 1.807) is 30.3 Å². The number of rotatable bonds is 5. The molecule has 2 aliphatic rings. The molecule has 6 nitrogen and oxygen atoms in total. The van der Waals surface area contributed by atoms with Gasteiger partial charge in [-0.05, 0) is 42.8 Å². The molecule has 1 atom stereocenters. The average Bonchev–Trinajstić information content (AvgIpc) is 3.11. The van der Waals surface area contributed by atoms with E-state index in [-0.39, 0.29) is 24.0 Å². The summed E-state index contributed by atoms with van der Waals surface area (Å²) in [5, 5.41) is -0.536. The molecule has 4 rings (SSSR count). The summed E-state index contributed by atoms with van der Waals surface area (Å²) in [6, 6.07) is 14.4. The molecule has 2 fully saturated rings. The zero-order chi connectivity index (χ0) is 23.4. The minimum Gasteiger partial charge on any atom is -0.378 e. The highest BCUT2D eigenvalue weighted by atomic mass is 32.2. The van der Waals surface area contributed by atoms with Gasteiger partial charge in [-0.15, -0.1) is 0 Å². The number of imide groups is 1. The van der Waals surface area contributed by atoms with E-state index in [9.17, 15) is 14.4 Å². The number of morpholine rings is 1. The fourth-order valence-corrected chi connectivity index (χ4v) is 5.17. The highest BCUT2D eigenvalue weighted by Crippen LogP contribution is 2.31. The van der Waals surface area contributed by atoms with Gasteiger partial charge in [0.25, 0.3) is 0 Å². The quantitative estimate of drug-likeness (QED) is 0.279. The Bertz CT molecular complexity index is 1090. The van der Waals surface area contributed by atoms with Crippen molar-refractivity contribution in [2.24, 2.45) is 0 Å². The van der Waals surface area contributed by atoms with Crippen LogP contribution in [0.5, 0.6) is 0 Å². The van der Waals surface area contributed by atoms with Crippen LogP contribution >= 0.6 is 24.0 Å². The number of aryl methyl sites for hydroxylation is 1. The van der Waals surface area contributed by atoms with Gasteiger partial charge in [-0.2, -0.15) is 0 Å². The Balaban J connectivity index is 1.39. The summed E-state index contributed by atoms with van der Waals surface area (Å²) in [6.07, 6.45) is 3.39. The molecule has 2 saturated heterocycles. The molecule has 0 unspecified atom stereocenters. The van der Waals surface area contributed by atoms with Gasteiger partial charge in [0.15, 0.2) is 5.78 Å². The maximum absolute atomic E-state index is 12.9. The van der Waals surface area contributed by atoms with Gasteiger partial charge in [-0.25, -0.2) is 4.90 Å². The number of hydrogen-bond acceptors (Lipinski definition) is 6. The molecule has 0 spiro atoms. The normalized spacial score (nSPS) is 18.9. The Morgan fingerprint density at radius 2 is 1.73 bits per heavy atom. The molecule has 0 bridgehead atoms. The van der Waals surface area contributed by atoms with Crippen LogP contribution in [0.2, 0.25) is 0 Å². The highest BCUT2D eigenvalue weighted by molar-refractivity contribution is 8.23. The molecule has 2 heterocycles. The fraction of sp³-hybridized carbons (Fsp3) is 0.280. The van der Waals surface area contributed by atoms with Crippen LogP contribution in [0.3, 0.4) is 0 Å². The molecule has 8 heteroatoms. The van der Waals surface area contributed by atoms with Gasteiger partial charge in [-0.1, -0.05) is 59.9 Å². The van der Waals surface area contributed by atoms with Crippen molar-refractivity contribution in [1.82, 2.24) is 4.90 Å². The predicted molar refractivity (Wildman–Crippen MR) is 134 cm³/mol. The third-order valence-electron chi connectivity index (χ3n) is 5.53. The summed E-state index contributed by atoms with van der Waals surface area (Å²) in [4.78, 5) is 41.2. The van der Waals surface area contributed by atoms with Crippen molar-refractivity contribution in [2.45, 2.75) is 18.6 Å². The molecule has 0 radical (unpaired) electrons. The Hall–Kier alpha value is -2.81. The lowest BCUT2D eigenvalue weighted by Gasteiger charge is -2.29. The fourth-order valence-electron chi connectivity index (χ4n) is 3.63. The summed E-state index contributed by atoms with van der Waals surface area (Å²) in [6.45, 7) is 4.61. The number of hydrogen-bond donors (Lipinski definition) is 0. The summed E-state index contributed by atoms with van der Waals surface area (Å²) < 4.78 is 5.95. The maximum Gasteiger partial charge on any atom is 0.247 e. The van der Waals surface area contributed by atoms with Crippen molar-refractivity contribution in [3.8, 4) is 0 Å². The molecule has 0 aliphatic carbocycles. The van der Waals surface area contributed by atoms with Gasteiger partial charge in [0.05, 0.1) is 18.9 Å².